The van der Waals surface area contributed by atoms with Crippen LogP contribution in [0.3, 0.4) is 0 Å². The number of hydrogen-bond acceptors (Lipinski definition) is 3. The summed E-state index contributed by atoms with van der Waals surface area (Å²) >= 11 is 0. The molecule has 4 nitrogen and oxygen atoms in total. The zero-order chi connectivity index (χ0) is 15.3. The van der Waals surface area contributed by atoms with Gasteiger partial charge in [-0.1, -0.05) is 42.0 Å². The molecule has 0 spiro atoms. The summed E-state index contributed by atoms with van der Waals surface area (Å²) in [5.41, 5.74) is 1.99. The van der Waals surface area contributed by atoms with Gasteiger partial charge in [-0.2, -0.15) is 0 Å². The van der Waals surface area contributed by atoms with Gasteiger partial charge < -0.3 is 15.4 Å². The molecule has 4 heteroatoms. The van der Waals surface area contributed by atoms with Crippen LogP contribution in [0.2, 0.25) is 0 Å². The Kier molecular flexibility index (Phi) is 4.90. The van der Waals surface area contributed by atoms with Gasteiger partial charge in [0.25, 0.3) is 0 Å². The van der Waals surface area contributed by atoms with Gasteiger partial charge in [-0.3, -0.25) is 4.79 Å². The first-order valence-corrected chi connectivity index (χ1v) is 8.11. The SMILES string of the molecule is O=C(NCC1=CCNCC1)C1(c2ccccc2)CCOCC1. The number of ether oxygens (including phenoxy) is 1. The topological polar surface area (TPSA) is 50.4 Å². The van der Waals surface area contributed by atoms with E-state index in [-0.39, 0.29) is 5.91 Å². The number of hydrogen-bond donors (Lipinski definition) is 2. The molecule has 1 amide bonds. The molecular weight excluding hydrogens is 276 g/mol. The van der Waals surface area contributed by atoms with Crippen molar-refractivity contribution in [2.24, 2.45) is 0 Å². The molecule has 0 aromatic heterocycles. The Morgan fingerprint density at radius 2 is 2.00 bits per heavy atom. The van der Waals surface area contributed by atoms with E-state index in [0.29, 0.717) is 19.8 Å². The Hall–Kier alpha value is -1.65. The van der Waals surface area contributed by atoms with Gasteiger partial charge in [-0.25, -0.2) is 0 Å². The molecule has 2 aliphatic rings. The third-order valence-electron chi connectivity index (χ3n) is 4.74. The molecule has 2 N–H and O–H groups in total. The van der Waals surface area contributed by atoms with Gasteiger partial charge in [0.2, 0.25) is 5.91 Å². The molecule has 0 atom stereocenters. The normalized spacial score (nSPS) is 21.0. The molecule has 0 unspecified atom stereocenters. The highest BCUT2D eigenvalue weighted by Crippen LogP contribution is 2.35. The molecule has 1 saturated heterocycles. The van der Waals surface area contributed by atoms with E-state index in [1.54, 1.807) is 0 Å². The molecule has 0 aliphatic carbocycles. The van der Waals surface area contributed by atoms with Crippen LogP contribution in [0.15, 0.2) is 42.0 Å². The molecule has 0 bridgehead atoms. The number of benzene rings is 1. The lowest BCUT2D eigenvalue weighted by Crippen LogP contribution is -2.48. The van der Waals surface area contributed by atoms with Crippen LogP contribution in [0, 0.1) is 0 Å². The van der Waals surface area contributed by atoms with Crippen molar-refractivity contribution in [2.45, 2.75) is 24.7 Å². The van der Waals surface area contributed by atoms with Crippen molar-refractivity contribution in [1.82, 2.24) is 10.6 Å². The first-order chi connectivity index (χ1) is 10.8. The maximum atomic E-state index is 13.0. The minimum atomic E-state index is -0.438. The second-order valence-corrected chi connectivity index (χ2v) is 6.06. The van der Waals surface area contributed by atoms with Crippen LogP contribution in [0.1, 0.15) is 24.8 Å². The van der Waals surface area contributed by atoms with E-state index in [9.17, 15) is 4.79 Å². The van der Waals surface area contributed by atoms with Gasteiger partial charge in [0, 0.05) is 26.3 Å². The van der Waals surface area contributed by atoms with E-state index in [0.717, 1.165) is 37.9 Å². The summed E-state index contributed by atoms with van der Waals surface area (Å²) < 4.78 is 5.49. The lowest BCUT2D eigenvalue weighted by Gasteiger charge is -2.36. The van der Waals surface area contributed by atoms with E-state index >= 15 is 0 Å². The minimum absolute atomic E-state index is 0.140. The molecule has 118 valence electrons. The van der Waals surface area contributed by atoms with E-state index in [1.807, 2.05) is 18.2 Å². The van der Waals surface area contributed by atoms with Crippen molar-refractivity contribution in [1.29, 1.82) is 0 Å². The molecule has 1 fully saturated rings. The van der Waals surface area contributed by atoms with Crippen LogP contribution >= 0.6 is 0 Å². The van der Waals surface area contributed by atoms with Crippen LogP contribution in [-0.4, -0.2) is 38.8 Å². The van der Waals surface area contributed by atoms with Crippen LogP contribution in [-0.2, 0) is 14.9 Å². The minimum Gasteiger partial charge on any atom is -0.381 e. The Morgan fingerprint density at radius 3 is 2.68 bits per heavy atom. The van der Waals surface area contributed by atoms with Gasteiger partial charge in [-0.15, -0.1) is 0 Å². The Balaban J connectivity index is 1.74. The molecule has 1 aromatic rings. The lowest BCUT2D eigenvalue weighted by atomic mass is 9.73. The standard InChI is InChI=1S/C18H24N2O2/c21-17(20-14-15-6-10-19-11-7-15)18(8-12-22-13-9-18)16-4-2-1-3-5-16/h1-6,19H,7-14H2,(H,20,21). The first-order valence-electron chi connectivity index (χ1n) is 8.11. The Morgan fingerprint density at radius 1 is 1.23 bits per heavy atom. The van der Waals surface area contributed by atoms with Crippen molar-refractivity contribution in [2.75, 3.05) is 32.8 Å². The Bertz CT molecular complexity index is 533. The molecular formula is C18H24N2O2. The maximum Gasteiger partial charge on any atom is 0.231 e. The summed E-state index contributed by atoms with van der Waals surface area (Å²) in [5, 5.41) is 6.46. The second-order valence-electron chi connectivity index (χ2n) is 6.06. The van der Waals surface area contributed by atoms with Crippen LogP contribution in [0.25, 0.3) is 0 Å². The molecule has 22 heavy (non-hydrogen) atoms. The fourth-order valence-electron chi connectivity index (χ4n) is 3.32. The summed E-state index contributed by atoms with van der Waals surface area (Å²) in [6.07, 6.45) is 4.71. The average Bonchev–Trinajstić information content (AvgIpc) is 2.62. The fourth-order valence-corrected chi connectivity index (χ4v) is 3.32. The van der Waals surface area contributed by atoms with Gasteiger partial charge in [0.1, 0.15) is 0 Å². The molecule has 2 aliphatic heterocycles. The average molecular weight is 300 g/mol. The van der Waals surface area contributed by atoms with Gasteiger partial charge >= 0.3 is 0 Å². The number of rotatable bonds is 4. The quantitative estimate of drug-likeness (QED) is 0.833. The van der Waals surface area contributed by atoms with Gasteiger partial charge in [-0.05, 0) is 31.4 Å². The summed E-state index contributed by atoms with van der Waals surface area (Å²) in [7, 11) is 0. The molecule has 1 aromatic carbocycles. The third-order valence-corrected chi connectivity index (χ3v) is 4.74. The zero-order valence-corrected chi connectivity index (χ0v) is 12.9. The second kappa shape index (κ2) is 7.07. The van der Waals surface area contributed by atoms with Crippen molar-refractivity contribution in [3.05, 3.63) is 47.5 Å². The summed E-state index contributed by atoms with van der Waals surface area (Å²) in [4.78, 5) is 13.0. The largest absolute Gasteiger partial charge is 0.381 e. The number of carbonyl (C=O) groups excluding carboxylic acids is 1. The molecule has 2 heterocycles. The van der Waals surface area contributed by atoms with E-state index < -0.39 is 5.41 Å². The van der Waals surface area contributed by atoms with E-state index in [2.05, 4.69) is 28.8 Å². The van der Waals surface area contributed by atoms with Gasteiger partial charge in [0.05, 0.1) is 5.41 Å². The van der Waals surface area contributed by atoms with Crippen molar-refractivity contribution < 1.29 is 9.53 Å². The third kappa shape index (κ3) is 3.23. The summed E-state index contributed by atoms with van der Waals surface area (Å²) in [5.74, 6) is 0.140. The number of amides is 1. The van der Waals surface area contributed by atoms with Crippen LogP contribution in [0.5, 0.6) is 0 Å². The Labute approximate surface area is 131 Å². The predicted molar refractivity (Wildman–Crippen MR) is 86.8 cm³/mol. The van der Waals surface area contributed by atoms with Gasteiger partial charge in [0.15, 0.2) is 0 Å². The van der Waals surface area contributed by atoms with Crippen LogP contribution in [0.4, 0.5) is 0 Å². The highest BCUT2D eigenvalue weighted by molar-refractivity contribution is 5.88. The highest BCUT2D eigenvalue weighted by Gasteiger charge is 2.41. The fraction of sp³-hybridized carbons (Fsp3) is 0.500. The monoisotopic (exact) mass is 300 g/mol. The van der Waals surface area contributed by atoms with Crippen molar-refractivity contribution >= 4 is 5.91 Å². The number of nitrogens with one attached hydrogen (secondary N) is 2. The first kappa shape index (κ1) is 15.3. The molecule has 0 saturated carbocycles. The molecule has 0 radical (unpaired) electrons. The summed E-state index contributed by atoms with van der Waals surface area (Å²) in [6, 6.07) is 10.1. The van der Waals surface area contributed by atoms with E-state index in [1.165, 1.54) is 5.57 Å². The van der Waals surface area contributed by atoms with Crippen molar-refractivity contribution in [3.63, 3.8) is 0 Å². The lowest BCUT2D eigenvalue weighted by molar-refractivity contribution is -0.130. The van der Waals surface area contributed by atoms with E-state index in [4.69, 9.17) is 4.74 Å². The smallest absolute Gasteiger partial charge is 0.231 e. The van der Waals surface area contributed by atoms with Crippen molar-refractivity contribution in [3.8, 4) is 0 Å². The molecule has 3 rings (SSSR count). The van der Waals surface area contributed by atoms with Crippen LogP contribution < -0.4 is 10.6 Å². The predicted octanol–water partition coefficient (Wildman–Crippen LogP) is 1.77. The highest BCUT2D eigenvalue weighted by atomic mass is 16.5. The zero-order valence-electron chi connectivity index (χ0n) is 12.9. The number of carbonyl (C=O) groups is 1. The summed E-state index contributed by atoms with van der Waals surface area (Å²) in [6.45, 7) is 3.86. The maximum absolute atomic E-state index is 13.0.